The molecular weight excluding hydrogens is 354 g/mol. The lowest BCUT2D eigenvalue weighted by Gasteiger charge is -2.45. The summed E-state index contributed by atoms with van der Waals surface area (Å²) in [4.78, 5) is 25.7. The van der Waals surface area contributed by atoms with E-state index >= 15 is 0 Å². The molecule has 0 bridgehead atoms. The molecule has 0 fully saturated rings. The fourth-order valence-corrected chi connectivity index (χ4v) is 4.06. The summed E-state index contributed by atoms with van der Waals surface area (Å²) in [5, 5.41) is 21.9. The van der Waals surface area contributed by atoms with E-state index in [1.807, 2.05) is 19.1 Å². The zero-order chi connectivity index (χ0) is 20.4. The quantitative estimate of drug-likeness (QED) is 0.833. The van der Waals surface area contributed by atoms with Gasteiger partial charge >= 0.3 is 5.97 Å². The molecule has 6 heteroatoms. The number of amides is 1. The maximum atomic E-state index is 12.4. The predicted molar refractivity (Wildman–Crippen MR) is 107 cm³/mol. The van der Waals surface area contributed by atoms with Gasteiger partial charge in [0.2, 0.25) is 5.91 Å². The van der Waals surface area contributed by atoms with Crippen LogP contribution in [0, 0.1) is 17.2 Å². The number of rotatable bonds is 4. The number of benzene rings is 2. The maximum absolute atomic E-state index is 12.4. The lowest BCUT2D eigenvalue weighted by atomic mass is 9.80. The van der Waals surface area contributed by atoms with Gasteiger partial charge in [0.15, 0.2) is 0 Å². The van der Waals surface area contributed by atoms with Gasteiger partial charge in [0.1, 0.15) is 0 Å². The third kappa shape index (κ3) is 3.44. The number of fused-ring (bicyclic) bond motifs is 1. The number of anilines is 2. The number of carbonyl (C=O) groups is 2. The molecule has 0 saturated carbocycles. The number of carbonyl (C=O) groups excluding carboxylic acids is 1. The van der Waals surface area contributed by atoms with Crippen LogP contribution in [0.1, 0.15) is 54.7 Å². The van der Waals surface area contributed by atoms with Crippen LogP contribution in [0.3, 0.4) is 0 Å². The van der Waals surface area contributed by atoms with Gasteiger partial charge in [-0.25, -0.2) is 4.79 Å². The average Bonchev–Trinajstić information content (AvgIpc) is 2.69. The minimum absolute atomic E-state index is 0.00319. The number of nitrogens with one attached hydrogen (secondary N) is 1. The zero-order valence-electron chi connectivity index (χ0n) is 16.1. The molecular formula is C22H23N3O3. The molecule has 3 rings (SSSR count). The van der Waals surface area contributed by atoms with Gasteiger partial charge in [-0.05, 0) is 54.4 Å². The summed E-state index contributed by atoms with van der Waals surface area (Å²) in [6.07, 6.45) is 0.784. The minimum atomic E-state index is -1.00. The van der Waals surface area contributed by atoms with Crippen LogP contribution in [0.4, 0.5) is 11.4 Å². The molecule has 28 heavy (non-hydrogen) atoms. The summed E-state index contributed by atoms with van der Waals surface area (Å²) >= 11 is 0. The molecule has 144 valence electrons. The van der Waals surface area contributed by atoms with Gasteiger partial charge in [0.25, 0.3) is 0 Å². The zero-order valence-corrected chi connectivity index (χ0v) is 16.1. The van der Waals surface area contributed by atoms with Crippen LogP contribution in [0.5, 0.6) is 0 Å². The van der Waals surface area contributed by atoms with E-state index in [0.717, 1.165) is 23.4 Å². The highest BCUT2D eigenvalue weighted by atomic mass is 16.4. The Labute approximate surface area is 164 Å². The van der Waals surface area contributed by atoms with Crippen LogP contribution in [0.2, 0.25) is 0 Å². The topological polar surface area (TPSA) is 93.4 Å². The Morgan fingerprint density at radius 1 is 1.21 bits per heavy atom. The largest absolute Gasteiger partial charge is 0.478 e. The van der Waals surface area contributed by atoms with Gasteiger partial charge in [0.05, 0.1) is 23.2 Å². The van der Waals surface area contributed by atoms with Crippen LogP contribution in [0.15, 0.2) is 42.5 Å². The minimum Gasteiger partial charge on any atom is -0.478 e. The van der Waals surface area contributed by atoms with Crippen LogP contribution in [-0.2, 0) is 4.79 Å². The standard InChI is InChI=1S/C22H23N3O3/c1-4-19-13(2)21(24-17-8-5-15(12-23)6-9-17)18-11-16(22(27)28)7-10-20(18)25(19)14(3)26/h5-11,13,19,21,24H,4H2,1-3H3,(H,27,28)/t13-,19-,21+/m0/s1. The monoisotopic (exact) mass is 377 g/mol. The summed E-state index contributed by atoms with van der Waals surface area (Å²) in [5.41, 5.74) is 3.14. The highest BCUT2D eigenvalue weighted by molar-refractivity contribution is 5.95. The van der Waals surface area contributed by atoms with E-state index in [9.17, 15) is 14.7 Å². The molecule has 2 aromatic rings. The summed E-state index contributed by atoms with van der Waals surface area (Å²) in [6, 6.07) is 14.0. The molecule has 1 aliphatic heterocycles. The van der Waals surface area contributed by atoms with E-state index in [4.69, 9.17) is 5.26 Å². The van der Waals surface area contributed by atoms with Crippen molar-refractivity contribution in [3.8, 4) is 6.07 Å². The van der Waals surface area contributed by atoms with E-state index in [-0.39, 0.29) is 29.5 Å². The number of aromatic carboxylic acids is 1. The summed E-state index contributed by atoms with van der Waals surface area (Å²) < 4.78 is 0. The van der Waals surface area contributed by atoms with Crippen molar-refractivity contribution in [3.05, 3.63) is 59.2 Å². The van der Waals surface area contributed by atoms with E-state index < -0.39 is 5.97 Å². The molecule has 1 aliphatic rings. The second kappa shape index (κ2) is 7.73. The summed E-state index contributed by atoms with van der Waals surface area (Å²) in [5.74, 6) is -1.000. The van der Waals surface area contributed by atoms with Crippen LogP contribution >= 0.6 is 0 Å². The Hall–Kier alpha value is -3.33. The van der Waals surface area contributed by atoms with E-state index in [0.29, 0.717) is 5.56 Å². The lowest BCUT2D eigenvalue weighted by molar-refractivity contribution is -0.117. The maximum Gasteiger partial charge on any atom is 0.335 e. The van der Waals surface area contributed by atoms with Crippen molar-refractivity contribution in [1.29, 1.82) is 5.26 Å². The van der Waals surface area contributed by atoms with Crippen LogP contribution in [0.25, 0.3) is 0 Å². The highest BCUT2D eigenvalue weighted by Gasteiger charge is 2.39. The van der Waals surface area contributed by atoms with Crippen molar-refractivity contribution in [2.24, 2.45) is 5.92 Å². The van der Waals surface area contributed by atoms with Gasteiger partial charge in [0, 0.05) is 30.3 Å². The van der Waals surface area contributed by atoms with E-state index in [1.54, 1.807) is 42.2 Å². The van der Waals surface area contributed by atoms with Crippen molar-refractivity contribution in [1.82, 2.24) is 0 Å². The third-order valence-electron chi connectivity index (χ3n) is 5.43. The third-order valence-corrected chi connectivity index (χ3v) is 5.43. The molecule has 0 spiro atoms. The first-order valence-corrected chi connectivity index (χ1v) is 9.31. The van der Waals surface area contributed by atoms with Gasteiger partial charge in [-0.1, -0.05) is 13.8 Å². The predicted octanol–water partition coefficient (Wildman–Crippen LogP) is 4.19. The molecule has 0 saturated heterocycles. The van der Waals surface area contributed by atoms with Crippen molar-refractivity contribution < 1.29 is 14.7 Å². The number of carboxylic acid groups (broad SMARTS) is 1. The molecule has 0 aromatic heterocycles. The van der Waals surface area contributed by atoms with Crippen LogP contribution in [-0.4, -0.2) is 23.0 Å². The van der Waals surface area contributed by atoms with E-state index in [2.05, 4.69) is 18.3 Å². The fraction of sp³-hybridized carbons (Fsp3) is 0.318. The molecule has 0 unspecified atom stereocenters. The fourth-order valence-electron chi connectivity index (χ4n) is 4.06. The summed E-state index contributed by atoms with van der Waals surface area (Å²) in [6.45, 7) is 5.66. The Balaban J connectivity index is 2.10. The smallest absolute Gasteiger partial charge is 0.335 e. The number of carboxylic acids is 1. The van der Waals surface area contributed by atoms with Gasteiger partial charge < -0.3 is 15.3 Å². The van der Waals surface area contributed by atoms with Crippen molar-refractivity contribution in [2.75, 3.05) is 10.2 Å². The molecule has 1 amide bonds. The van der Waals surface area contributed by atoms with Crippen molar-refractivity contribution in [3.63, 3.8) is 0 Å². The Morgan fingerprint density at radius 3 is 2.43 bits per heavy atom. The first kappa shape index (κ1) is 19.4. The summed E-state index contributed by atoms with van der Waals surface area (Å²) in [7, 11) is 0. The highest BCUT2D eigenvalue weighted by Crippen LogP contribution is 2.43. The number of nitriles is 1. The second-order valence-corrected chi connectivity index (χ2v) is 7.11. The van der Waals surface area contributed by atoms with Crippen LogP contribution < -0.4 is 10.2 Å². The number of hydrogen-bond donors (Lipinski definition) is 2. The van der Waals surface area contributed by atoms with Gasteiger partial charge in [-0.3, -0.25) is 4.79 Å². The molecule has 2 N–H and O–H groups in total. The molecule has 6 nitrogen and oxygen atoms in total. The number of hydrogen-bond acceptors (Lipinski definition) is 4. The van der Waals surface area contributed by atoms with Crippen molar-refractivity contribution in [2.45, 2.75) is 39.3 Å². The normalized spacial score (nSPS) is 20.8. The Kier molecular flexibility index (Phi) is 5.36. The lowest BCUT2D eigenvalue weighted by Crippen LogP contribution is -2.49. The number of nitrogens with zero attached hydrogens (tertiary/aromatic N) is 2. The van der Waals surface area contributed by atoms with E-state index in [1.165, 1.54) is 0 Å². The molecule has 2 aromatic carbocycles. The SMILES string of the molecule is CC[C@H]1[C@H](C)[C@@H](Nc2ccc(C#N)cc2)c2cc(C(=O)O)ccc2N1C(C)=O. The van der Waals surface area contributed by atoms with Gasteiger partial charge in [-0.2, -0.15) is 5.26 Å². The first-order chi connectivity index (χ1) is 13.4. The van der Waals surface area contributed by atoms with Crippen molar-refractivity contribution >= 4 is 23.3 Å². The average molecular weight is 377 g/mol. The Bertz CT molecular complexity index is 946. The Morgan fingerprint density at radius 2 is 1.89 bits per heavy atom. The molecule has 0 aliphatic carbocycles. The molecule has 0 radical (unpaired) electrons. The molecule has 1 heterocycles. The first-order valence-electron chi connectivity index (χ1n) is 9.31. The second-order valence-electron chi connectivity index (χ2n) is 7.11. The molecule has 3 atom stereocenters. The van der Waals surface area contributed by atoms with Gasteiger partial charge in [-0.15, -0.1) is 0 Å².